The van der Waals surface area contributed by atoms with E-state index in [1.54, 1.807) is 6.20 Å². The van der Waals surface area contributed by atoms with E-state index in [-0.39, 0.29) is 12.1 Å². The predicted octanol–water partition coefficient (Wildman–Crippen LogP) is 5.05. The summed E-state index contributed by atoms with van der Waals surface area (Å²) in [4.78, 5) is 21.4. The highest BCUT2D eigenvalue weighted by Gasteiger charge is 2.29. The quantitative estimate of drug-likeness (QED) is 0.495. The highest BCUT2D eigenvalue weighted by molar-refractivity contribution is 6.32. The van der Waals surface area contributed by atoms with Gasteiger partial charge in [0, 0.05) is 37.6 Å². The van der Waals surface area contributed by atoms with Crippen LogP contribution in [0.2, 0.25) is 5.02 Å². The SMILES string of the molecule is C[C@@H]1CN(c2ncccc2Cl)CCN1C(=O)Nc1ccc2c(c1)Cc1ccccc1-2. The molecule has 1 fully saturated rings. The second kappa shape index (κ2) is 7.65. The van der Waals surface area contributed by atoms with Crippen LogP contribution in [-0.4, -0.2) is 41.6 Å². The van der Waals surface area contributed by atoms with Gasteiger partial charge in [0.05, 0.1) is 5.02 Å². The number of pyridine rings is 1. The number of halogens is 1. The van der Waals surface area contributed by atoms with Gasteiger partial charge in [0.15, 0.2) is 0 Å². The molecule has 152 valence electrons. The van der Waals surface area contributed by atoms with Crippen molar-refractivity contribution < 1.29 is 4.79 Å². The fourth-order valence-corrected chi connectivity index (χ4v) is 4.72. The van der Waals surface area contributed by atoms with Gasteiger partial charge < -0.3 is 15.1 Å². The lowest BCUT2D eigenvalue weighted by Gasteiger charge is -2.40. The van der Waals surface area contributed by atoms with Crippen LogP contribution in [-0.2, 0) is 6.42 Å². The zero-order chi connectivity index (χ0) is 20.7. The Morgan fingerprint density at radius 1 is 1.07 bits per heavy atom. The molecule has 1 N–H and O–H groups in total. The molecule has 2 aromatic carbocycles. The summed E-state index contributed by atoms with van der Waals surface area (Å²) >= 11 is 6.29. The second-order valence-corrected chi connectivity index (χ2v) is 8.34. The van der Waals surface area contributed by atoms with E-state index < -0.39 is 0 Å². The Morgan fingerprint density at radius 3 is 2.73 bits per heavy atom. The van der Waals surface area contributed by atoms with Gasteiger partial charge in [-0.1, -0.05) is 41.9 Å². The monoisotopic (exact) mass is 418 g/mol. The first-order chi connectivity index (χ1) is 14.6. The zero-order valence-corrected chi connectivity index (χ0v) is 17.6. The number of amides is 2. The van der Waals surface area contributed by atoms with Crippen LogP contribution in [0, 0.1) is 0 Å². The number of anilines is 2. The topological polar surface area (TPSA) is 48.5 Å². The summed E-state index contributed by atoms with van der Waals surface area (Å²) in [6.45, 7) is 4.08. The maximum Gasteiger partial charge on any atom is 0.322 e. The number of rotatable bonds is 2. The number of aromatic nitrogens is 1. The van der Waals surface area contributed by atoms with Gasteiger partial charge in [-0.3, -0.25) is 0 Å². The van der Waals surface area contributed by atoms with Crippen LogP contribution in [0.25, 0.3) is 11.1 Å². The van der Waals surface area contributed by atoms with Crippen LogP contribution < -0.4 is 10.2 Å². The van der Waals surface area contributed by atoms with Gasteiger partial charge in [-0.05, 0) is 59.9 Å². The lowest BCUT2D eigenvalue weighted by Crippen LogP contribution is -2.55. The maximum absolute atomic E-state index is 13.0. The van der Waals surface area contributed by atoms with Crippen molar-refractivity contribution in [2.24, 2.45) is 0 Å². The van der Waals surface area contributed by atoms with Gasteiger partial charge in [0.25, 0.3) is 0 Å². The van der Waals surface area contributed by atoms with Crippen LogP contribution in [0.3, 0.4) is 0 Å². The number of hydrogen-bond donors (Lipinski definition) is 1. The number of hydrogen-bond acceptors (Lipinski definition) is 3. The summed E-state index contributed by atoms with van der Waals surface area (Å²) in [5, 5.41) is 3.73. The average Bonchev–Trinajstić information content (AvgIpc) is 3.11. The number of nitrogens with one attached hydrogen (secondary N) is 1. The minimum Gasteiger partial charge on any atom is -0.352 e. The van der Waals surface area contributed by atoms with Crippen LogP contribution in [0.15, 0.2) is 60.8 Å². The van der Waals surface area contributed by atoms with Gasteiger partial charge in [-0.2, -0.15) is 0 Å². The molecule has 5 rings (SSSR count). The third kappa shape index (κ3) is 3.39. The molecule has 2 heterocycles. The third-order valence-electron chi connectivity index (χ3n) is 5.97. The van der Waals surface area contributed by atoms with Crippen molar-refractivity contribution in [2.45, 2.75) is 19.4 Å². The fraction of sp³-hybridized carbons (Fsp3) is 0.250. The van der Waals surface area contributed by atoms with Gasteiger partial charge in [-0.25, -0.2) is 9.78 Å². The zero-order valence-electron chi connectivity index (χ0n) is 16.8. The lowest BCUT2D eigenvalue weighted by atomic mass is 10.1. The number of piperazine rings is 1. The van der Waals surface area contributed by atoms with Crippen molar-refractivity contribution in [1.29, 1.82) is 0 Å². The summed E-state index contributed by atoms with van der Waals surface area (Å²) < 4.78 is 0. The van der Waals surface area contributed by atoms with Crippen LogP contribution >= 0.6 is 11.6 Å². The van der Waals surface area contributed by atoms with Gasteiger partial charge in [-0.15, -0.1) is 0 Å². The molecule has 1 saturated heterocycles. The number of fused-ring (bicyclic) bond motifs is 3. The standard InChI is InChI=1S/C24H23ClN4O/c1-16-15-28(23-22(25)7-4-10-26-23)11-12-29(16)24(30)27-19-8-9-21-18(14-19)13-17-5-2-3-6-20(17)21/h2-10,14,16H,11-13,15H2,1H3,(H,27,30)/t16-/m1/s1. The Labute approximate surface area is 181 Å². The van der Waals surface area contributed by atoms with E-state index in [0.717, 1.165) is 17.9 Å². The first-order valence-electron chi connectivity index (χ1n) is 10.2. The molecule has 5 nitrogen and oxygen atoms in total. The fourth-order valence-electron chi connectivity index (χ4n) is 4.48. The van der Waals surface area contributed by atoms with Crippen molar-refractivity contribution in [3.8, 4) is 11.1 Å². The van der Waals surface area contributed by atoms with E-state index in [9.17, 15) is 4.79 Å². The number of carbonyl (C=O) groups excluding carboxylic acids is 1. The van der Waals surface area contributed by atoms with Gasteiger partial charge >= 0.3 is 6.03 Å². The Balaban J connectivity index is 1.27. The van der Waals surface area contributed by atoms with Crippen LogP contribution in [0.1, 0.15) is 18.1 Å². The average molecular weight is 419 g/mol. The molecule has 0 spiro atoms. The normalized spacial score (nSPS) is 17.5. The first-order valence-corrected chi connectivity index (χ1v) is 10.6. The molecule has 6 heteroatoms. The molecule has 30 heavy (non-hydrogen) atoms. The molecule has 1 atom stereocenters. The third-order valence-corrected chi connectivity index (χ3v) is 6.27. The largest absolute Gasteiger partial charge is 0.352 e. The minimum absolute atomic E-state index is 0.0514. The Morgan fingerprint density at radius 2 is 1.90 bits per heavy atom. The van der Waals surface area contributed by atoms with Crippen molar-refractivity contribution in [1.82, 2.24) is 9.88 Å². The van der Waals surface area contributed by atoms with Gasteiger partial charge in [0.2, 0.25) is 0 Å². The van der Waals surface area contributed by atoms with Crippen molar-refractivity contribution in [3.05, 3.63) is 76.9 Å². The summed E-state index contributed by atoms with van der Waals surface area (Å²) in [5.41, 5.74) is 6.00. The molecule has 2 aliphatic rings. The maximum atomic E-state index is 13.0. The van der Waals surface area contributed by atoms with Crippen molar-refractivity contribution in [2.75, 3.05) is 29.9 Å². The number of benzene rings is 2. The number of carbonyl (C=O) groups is 1. The Kier molecular flexibility index (Phi) is 4.83. The number of urea groups is 1. The van der Waals surface area contributed by atoms with E-state index >= 15 is 0 Å². The molecule has 0 saturated carbocycles. The summed E-state index contributed by atoms with van der Waals surface area (Å²) in [5.74, 6) is 0.782. The molecule has 0 bridgehead atoms. The molecule has 2 amide bonds. The molecular formula is C24H23ClN4O. The Bertz CT molecular complexity index is 1120. The molecular weight excluding hydrogens is 396 g/mol. The first kappa shape index (κ1) is 18.9. The number of nitrogens with zero attached hydrogens (tertiary/aromatic N) is 3. The molecule has 1 aromatic heterocycles. The predicted molar refractivity (Wildman–Crippen MR) is 121 cm³/mol. The van der Waals surface area contributed by atoms with E-state index in [1.165, 1.54) is 22.3 Å². The van der Waals surface area contributed by atoms with E-state index in [4.69, 9.17) is 11.6 Å². The summed E-state index contributed by atoms with van der Waals surface area (Å²) in [7, 11) is 0. The molecule has 1 aliphatic carbocycles. The van der Waals surface area contributed by atoms with Crippen molar-refractivity contribution >= 4 is 29.1 Å². The van der Waals surface area contributed by atoms with Crippen LogP contribution in [0.4, 0.5) is 16.3 Å². The molecule has 0 radical (unpaired) electrons. The molecule has 3 aromatic rings. The lowest BCUT2D eigenvalue weighted by molar-refractivity contribution is 0.184. The smallest absolute Gasteiger partial charge is 0.322 e. The van der Waals surface area contributed by atoms with Crippen molar-refractivity contribution in [3.63, 3.8) is 0 Å². The van der Waals surface area contributed by atoms with E-state index in [2.05, 4.69) is 58.5 Å². The summed E-state index contributed by atoms with van der Waals surface area (Å²) in [6.07, 6.45) is 2.66. The van der Waals surface area contributed by atoms with E-state index in [0.29, 0.717) is 24.7 Å². The highest BCUT2D eigenvalue weighted by atomic mass is 35.5. The minimum atomic E-state index is -0.0651. The Hall–Kier alpha value is -3.05. The van der Waals surface area contributed by atoms with Gasteiger partial charge in [0.1, 0.15) is 5.82 Å². The molecule has 1 aliphatic heterocycles. The van der Waals surface area contributed by atoms with E-state index in [1.807, 2.05) is 23.1 Å². The summed E-state index contributed by atoms with van der Waals surface area (Å²) in [6, 6.07) is 18.3. The second-order valence-electron chi connectivity index (χ2n) is 7.93. The van der Waals surface area contributed by atoms with Crippen LogP contribution in [0.5, 0.6) is 0 Å². The molecule has 0 unspecified atom stereocenters. The highest BCUT2D eigenvalue weighted by Crippen LogP contribution is 2.37.